The molecule has 2 aromatic rings. The van der Waals surface area contributed by atoms with Crippen LogP contribution < -0.4 is 5.32 Å². The van der Waals surface area contributed by atoms with Crippen LogP contribution in [0.25, 0.3) is 11.0 Å². The van der Waals surface area contributed by atoms with Crippen LogP contribution in [0.4, 0.5) is 0 Å². The quantitative estimate of drug-likeness (QED) is 0.850. The molecule has 0 bridgehead atoms. The summed E-state index contributed by atoms with van der Waals surface area (Å²) < 4.78 is 2.25. The molecule has 0 unspecified atom stereocenters. The van der Waals surface area contributed by atoms with E-state index in [9.17, 15) is 0 Å². The molecular formula is C13H19N3. The molecule has 0 fully saturated rings. The summed E-state index contributed by atoms with van der Waals surface area (Å²) in [6.45, 7) is 6.22. The summed E-state index contributed by atoms with van der Waals surface area (Å²) in [5.74, 6) is 1.10. The molecular weight excluding hydrogens is 198 g/mol. The lowest BCUT2D eigenvalue weighted by molar-refractivity contribution is 0.753. The second-order valence-corrected chi connectivity index (χ2v) is 4.08. The molecule has 0 amide bonds. The molecule has 3 heteroatoms. The molecule has 86 valence electrons. The van der Waals surface area contributed by atoms with Gasteiger partial charge >= 0.3 is 0 Å². The first-order chi connectivity index (χ1) is 7.76. The fourth-order valence-electron chi connectivity index (χ4n) is 2.12. The van der Waals surface area contributed by atoms with Crippen molar-refractivity contribution in [3.8, 4) is 0 Å². The van der Waals surface area contributed by atoms with E-state index in [-0.39, 0.29) is 0 Å². The van der Waals surface area contributed by atoms with Crippen molar-refractivity contribution >= 4 is 11.0 Å². The summed E-state index contributed by atoms with van der Waals surface area (Å²) in [5.41, 5.74) is 3.71. The van der Waals surface area contributed by atoms with E-state index in [0.29, 0.717) is 0 Å². The number of likely N-dealkylation sites (N-methyl/N-ethyl adjacent to an activating group) is 1. The SMILES string of the molecule is CCn1c(C)nc2cc(CCNC)ccc21. The summed E-state index contributed by atoms with van der Waals surface area (Å²) in [5, 5.41) is 3.17. The zero-order valence-electron chi connectivity index (χ0n) is 10.2. The van der Waals surface area contributed by atoms with Gasteiger partial charge in [-0.05, 0) is 51.6 Å². The fraction of sp³-hybridized carbons (Fsp3) is 0.462. The van der Waals surface area contributed by atoms with Gasteiger partial charge in [-0.1, -0.05) is 6.07 Å². The predicted molar refractivity (Wildman–Crippen MR) is 67.8 cm³/mol. The highest BCUT2D eigenvalue weighted by Crippen LogP contribution is 2.17. The van der Waals surface area contributed by atoms with Crippen LogP contribution in [-0.2, 0) is 13.0 Å². The molecule has 0 aliphatic rings. The number of hydrogen-bond acceptors (Lipinski definition) is 2. The summed E-state index contributed by atoms with van der Waals surface area (Å²) in [4.78, 5) is 4.60. The van der Waals surface area contributed by atoms with Crippen molar-refractivity contribution in [2.24, 2.45) is 0 Å². The predicted octanol–water partition coefficient (Wildman–Crippen LogP) is 2.13. The standard InChI is InChI=1S/C13H19N3/c1-4-16-10(2)15-12-9-11(7-8-14-3)5-6-13(12)16/h5-6,9,14H,4,7-8H2,1-3H3. The Labute approximate surface area is 96.5 Å². The Morgan fingerprint density at radius 2 is 2.19 bits per heavy atom. The average molecular weight is 217 g/mol. The highest BCUT2D eigenvalue weighted by molar-refractivity contribution is 5.76. The van der Waals surface area contributed by atoms with Crippen molar-refractivity contribution in [2.75, 3.05) is 13.6 Å². The first-order valence-corrected chi connectivity index (χ1v) is 5.86. The van der Waals surface area contributed by atoms with E-state index in [0.717, 1.165) is 30.9 Å². The largest absolute Gasteiger partial charge is 0.329 e. The molecule has 3 nitrogen and oxygen atoms in total. The lowest BCUT2D eigenvalue weighted by Gasteiger charge is -2.03. The minimum absolute atomic E-state index is 0.984. The van der Waals surface area contributed by atoms with Gasteiger partial charge in [0, 0.05) is 6.54 Å². The third-order valence-electron chi connectivity index (χ3n) is 2.98. The van der Waals surface area contributed by atoms with Crippen LogP contribution in [0.1, 0.15) is 18.3 Å². The van der Waals surface area contributed by atoms with Crippen LogP contribution in [-0.4, -0.2) is 23.1 Å². The average Bonchev–Trinajstić information content (AvgIpc) is 2.60. The lowest BCUT2D eigenvalue weighted by Crippen LogP contribution is -2.10. The highest BCUT2D eigenvalue weighted by atomic mass is 15.1. The highest BCUT2D eigenvalue weighted by Gasteiger charge is 2.05. The normalized spacial score (nSPS) is 11.2. The van der Waals surface area contributed by atoms with E-state index in [1.54, 1.807) is 0 Å². The van der Waals surface area contributed by atoms with Gasteiger partial charge in [0.1, 0.15) is 5.82 Å². The van der Waals surface area contributed by atoms with Crippen LogP contribution >= 0.6 is 0 Å². The van der Waals surface area contributed by atoms with E-state index in [1.165, 1.54) is 11.1 Å². The Kier molecular flexibility index (Phi) is 3.25. The fourth-order valence-corrected chi connectivity index (χ4v) is 2.12. The van der Waals surface area contributed by atoms with Gasteiger partial charge < -0.3 is 9.88 Å². The van der Waals surface area contributed by atoms with E-state index in [2.05, 4.69) is 46.9 Å². The number of hydrogen-bond donors (Lipinski definition) is 1. The molecule has 0 spiro atoms. The number of rotatable bonds is 4. The van der Waals surface area contributed by atoms with E-state index in [4.69, 9.17) is 0 Å². The molecule has 0 aliphatic carbocycles. The van der Waals surface area contributed by atoms with Crippen LogP contribution in [0.5, 0.6) is 0 Å². The van der Waals surface area contributed by atoms with Gasteiger partial charge in [0.25, 0.3) is 0 Å². The molecule has 0 saturated heterocycles. The number of nitrogens with zero attached hydrogens (tertiary/aromatic N) is 2. The van der Waals surface area contributed by atoms with Crippen molar-refractivity contribution in [2.45, 2.75) is 26.8 Å². The Hall–Kier alpha value is -1.35. The van der Waals surface area contributed by atoms with Gasteiger partial charge in [0.15, 0.2) is 0 Å². The zero-order valence-corrected chi connectivity index (χ0v) is 10.2. The maximum atomic E-state index is 4.60. The molecule has 1 heterocycles. The van der Waals surface area contributed by atoms with Gasteiger partial charge in [-0.15, -0.1) is 0 Å². The smallest absolute Gasteiger partial charge is 0.106 e. The van der Waals surface area contributed by atoms with Gasteiger partial charge in [-0.25, -0.2) is 4.98 Å². The van der Waals surface area contributed by atoms with Crippen molar-refractivity contribution in [1.29, 1.82) is 0 Å². The third-order valence-corrected chi connectivity index (χ3v) is 2.98. The van der Waals surface area contributed by atoms with E-state index < -0.39 is 0 Å². The Morgan fingerprint density at radius 3 is 2.88 bits per heavy atom. The molecule has 1 aromatic carbocycles. The van der Waals surface area contributed by atoms with Gasteiger partial charge in [0.05, 0.1) is 11.0 Å². The maximum absolute atomic E-state index is 4.60. The van der Waals surface area contributed by atoms with E-state index >= 15 is 0 Å². The van der Waals surface area contributed by atoms with Crippen molar-refractivity contribution < 1.29 is 0 Å². The van der Waals surface area contributed by atoms with Crippen LogP contribution in [0.2, 0.25) is 0 Å². The first kappa shape index (κ1) is 11.1. The number of aryl methyl sites for hydroxylation is 2. The molecule has 0 saturated carbocycles. The van der Waals surface area contributed by atoms with Gasteiger partial charge in [-0.2, -0.15) is 0 Å². The van der Waals surface area contributed by atoms with E-state index in [1.807, 2.05) is 7.05 Å². The molecule has 1 aromatic heterocycles. The summed E-state index contributed by atoms with van der Waals surface area (Å²) in [6.07, 6.45) is 1.06. The number of nitrogens with one attached hydrogen (secondary N) is 1. The Morgan fingerprint density at radius 1 is 1.38 bits per heavy atom. The Balaban J connectivity index is 2.39. The van der Waals surface area contributed by atoms with Crippen LogP contribution in [0, 0.1) is 6.92 Å². The zero-order chi connectivity index (χ0) is 11.5. The minimum Gasteiger partial charge on any atom is -0.329 e. The molecule has 1 N–H and O–H groups in total. The molecule has 0 radical (unpaired) electrons. The molecule has 2 rings (SSSR count). The number of imidazole rings is 1. The Bertz CT molecular complexity index is 485. The van der Waals surface area contributed by atoms with Crippen molar-refractivity contribution in [3.63, 3.8) is 0 Å². The topological polar surface area (TPSA) is 29.9 Å². The van der Waals surface area contributed by atoms with Crippen LogP contribution in [0.3, 0.4) is 0 Å². The van der Waals surface area contributed by atoms with Crippen LogP contribution in [0.15, 0.2) is 18.2 Å². The van der Waals surface area contributed by atoms with Gasteiger partial charge in [-0.3, -0.25) is 0 Å². The first-order valence-electron chi connectivity index (χ1n) is 5.86. The molecule has 16 heavy (non-hydrogen) atoms. The number of fused-ring (bicyclic) bond motifs is 1. The summed E-state index contributed by atoms with van der Waals surface area (Å²) in [6, 6.07) is 6.59. The number of aromatic nitrogens is 2. The number of benzene rings is 1. The lowest BCUT2D eigenvalue weighted by atomic mass is 10.1. The van der Waals surface area contributed by atoms with Gasteiger partial charge in [0.2, 0.25) is 0 Å². The van der Waals surface area contributed by atoms with Crippen molar-refractivity contribution in [3.05, 3.63) is 29.6 Å². The monoisotopic (exact) mass is 217 g/mol. The van der Waals surface area contributed by atoms with Crippen molar-refractivity contribution in [1.82, 2.24) is 14.9 Å². The summed E-state index contributed by atoms with van der Waals surface area (Å²) >= 11 is 0. The summed E-state index contributed by atoms with van der Waals surface area (Å²) in [7, 11) is 1.98. The maximum Gasteiger partial charge on any atom is 0.106 e. The second kappa shape index (κ2) is 4.66. The third kappa shape index (κ3) is 1.95. The molecule has 0 aliphatic heterocycles. The minimum atomic E-state index is 0.984. The molecule has 0 atom stereocenters. The second-order valence-electron chi connectivity index (χ2n) is 4.08.